The Morgan fingerprint density at radius 1 is 1.36 bits per heavy atom. The molecule has 0 bridgehead atoms. The number of anilines is 1. The van der Waals surface area contributed by atoms with E-state index in [9.17, 15) is 14.4 Å². The molecule has 1 aliphatic heterocycles. The Morgan fingerprint density at radius 2 is 2.09 bits per heavy atom. The molecule has 0 radical (unpaired) electrons. The number of carboxylic acids is 1. The fourth-order valence-electron chi connectivity index (χ4n) is 2.27. The molecule has 6 nitrogen and oxygen atoms in total. The van der Waals surface area contributed by atoms with Crippen LogP contribution in [-0.4, -0.2) is 36.0 Å². The van der Waals surface area contributed by atoms with Gasteiger partial charge in [0.25, 0.3) is 0 Å². The lowest BCUT2D eigenvalue weighted by molar-refractivity contribution is -0.137. The molecule has 1 atom stereocenters. The van der Waals surface area contributed by atoms with Crippen LogP contribution in [0.5, 0.6) is 0 Å². The molecule has 1 heterocycles. The molecule has 0 aliphatic carbocycles. The number of rotatable bonds is 5. The van der Waals surface area contributed by atoms with Crippen LogP contribution in [0.1, 0.15) is 12.8 Å². The monoisotopic (exact) mass is 344 g/mol. The molecule has 1 aliphatic rings. The van der Waals surface area contributed by atoms with Crippen molar-refractivity contribution in [3.8, 4) is 0 Å². The number of nitrogens with zero attached hydrogens (tertiary/aromatic N) is 1. The van der Waals surface area contributed by atoms with E-state index in [0.29, 0.717) is 28.7 Å². The summed E-state index contributed by atoms with van der Waals surface area (Å²) < 4.78 is 0. The summed E-state index contributed by atoms with van der Waals surface area (Å²) in [5.74, 6) is -2.67. The highest BCUT2D eigenvalue weighted by Gasteiger charge is 2.38. The second kappa shape index (κ2) is 6.98. The first-order valence-electron chi connectivity index (χ1n) is 6.66. The first-order chi connectivity index (χ1) is 10.4. The summed E-state index contributed by atoms with van der Waals surface area (Å²) >= 11 is 12.0. The van der Waals surface area contributed by atoms with E-state index < -0.39 is 17.8 Å². The summed E-state index contributed by atoms with van der Waals surface area (Å²) in [7, 11) is 0. The normalized spacial score (nSPS) is 17.6. The lowest BCUT2D eigenvalue weighted by Crippen LogP contribution is -2.37. The van der Waals surface area contributed by atoms with E-state index in [1.54, 1.807) is 18.2 Å². The van der Waals surface area contributed by atoms with Crippen LogP contribution in [0.2, 0.25) is 10.0 Å². The maximum Gasteiger partial charge on any atom is 0.305 e. The third kappa shape index (κ3) is 3.69. The molecular formula is C14H14Cl2N2O4. The van der Waals surface area contributed by atoms with Crippen molar-refractivity contribution in [2.75, 3.05) is 18.0 Å². The molecule has 1 unspecified atom stereocenters. The molecule has 2 amide bonds. The average molecular weight is 345 g/mol. The van der Waals surface area contributed by atoms with Crippen LogP contribution in [-0.2, 0) is 14.4 Å². The zero-order valence-corrected chi connectivity index (χ0v) is 13.0. The molecule has 2 rings (SSSR count). The highest BCUT2D eigenvalue weighted by atomic mass is 35.5. The van der Waals surface area contributed by atoms with Gasteiger partial charge in [-0.25, -0.2) is 0 Å². The van der Waals surface area contributed by atoms with Crippen molar-refractivity contribution in [1.29, 1.82) is 0 Å². The van der Waals surface area contributed by atoms with Gasteiger partial charge in [0.15, 0.2) is 0 Å². The quantitative estimate of drug-likeness (QED) is 0.799. The zero-order chi connectivity index (χ0) is 16.3. The Kier molecular flexibility index (Phi) is 5.26. The molecule has 1 fully saturated rings. The lowest BCUT2D eigenvalue weighted by Gasteiger charge is -2.18. The van der Waals surface area contributed by atoms with E-state index in [4.69, 9.17) is 28.3 Å². The predicted molar refractivity (Wildman–Crippen MR) is 82.2 cm³/mol. The highest BCUT2D eigenvalue weighted by Crippen LogP contribution is 2.33. The summed E-state index contributed by atoms with van der Waals surface area (Å²) in [4.78, 5) is 36.2. The summed E-state index contributed by atoms with van der Waals surface area (Å²) in [6.07, 6.45) is 0.164. The molecule has 0 spiro atoms. The van der Waals surface area contributed by atoms with Gasteiger partial charge in [-0.15, -0.1) is 0 Å². The maximum absolute atomic E-state index is 12.4. The first-order valence-corrected chi connectivity index (χ1v) is 7.41. The Hall–Kier alpha value is -1.79. The SMILES string of the molecule is O=C(O)CCNC(=O)C1CCN(c2cc(Cl)ccc2Cl)C1=O. The van der Waals surface area contributed by atoms with Crippen LogP contribution < -0.4 is 10.2 Å². The molecule has 2 N–H and O–H groups in total. The summed E-state index contributed by atoms with van der Waals surface area (Å²) in [5.41, 5.74) is 0.472. The number of amides is 2. The third-order valence-electron chi connectivity index (χ3n) is 3.36. The van der Waals surface area contributed by atoms with Crippen LogP contribution in [0.25, 0.3) is 0 Å². The Balaban J connectivity index is 2.04. The van der Waals surface area contributed by atoms with Crippen molar-refractivity contribution >= 4 is 46.7 Å². The smallest absolute Gasteiger partial charge is 0.305 e. The third-order valence-corrected chi connectivity index (χ3v) is 3.91. The van der Waals surface area contributed by atoms with Crippen molar-refractivity contribution in [3.63, 3.8) is 0 Å². The first kappa shape index (κ1) is 16.6. The molecule has 0 saturated carbocycles. The second-order valence-electron chi connectivity index (χ2n) is 4.86. The average Bonchev–Trinajstić information content (AvgIpc) is 2.83. The van der Waals surface area contributed by atoms with E-state index in [0.717, 1.165) is 0 Å². The van der Waals surface area contributed by atoms with E-state index in [1.165, 1.54) is 4.90 Å². The van der Waals surface area contributed by atoms with Gasteiger partial charge >= 0.3 is 5.97 Å². The molecule has 118 valence electrons. The Morgan fingerprint density at radius 3 is 2.77 bits per heavy atom. The van der Waals surface area contributed by atoms with E-state index in [1.807, 2.05) is 0 Å². The van der Waals surface area contributed by atoms with Crippen molar-refractivity contribution in [2.45, 2.75) is 12.8 Å². The van der Waals surface area contributed by atoms with Crippen molar-refractivity contribution < 1.29 is 19.5 Å². The largest absolute Gasteiger partial charge is 0.481 e. The second-order valence-corrected chi connectivity index (χ2v) is 5.71. The van der Waals surface area contributed by atoms with Crippen LogP contribution in [0, 0.1) is 5.92 Å². The van der Waals surface area contributed by atoms with Crippen LogP contribution in [0.3, 0.4) is 0 Å². The summed E-state index contributed by atoms with van der Waals surface area (Å²) in [6.45, 7) is 0.353. The highest BCUT2D eigenvalue weighted by molar-refractivity contribution is 6.36. The minimum absolute atomic E-state index is 0.00410. The van der Waals surface area contributed by atoms with Gasteiger partial charge in [-0.05, 0) is 24.6 Å². The van der Waals surface area contributed by atoms with Crippen LogP contribution in [0.15, 0.2) is 18.2 Å². The van der Waals surface area contributed by atoms with Gasteiger partial charge in [0.2, 0.25) is 11.8 Å². The van der Waals surface area contributed by atoms with Crippen molar-refractivity contribution in [2.24, 2.45) is 5.92 Å². The van der Waals surface area contributed by atoms with Crippen molar-refractivity contribution in [3.05, 3.63) is 28.2 Å². The minimum Gasteiger partial charge on any atom is -0.481 e. The van der Waals surface area contributed by atoms with Gasteiger partial charge in [-0.2, -0.15) is 0 Å². The fourth-order valence-corrected chi connectivity index (χ4v) is 2.66. The molecule has 22 heavy (non-hydrogen) atoms. The number of halogens is 2. The number of carbonyl (C=O) groups excluding carboxylic acids is 2. The number of aliphatic carboxylic acids is 1. The van der Waals surface area contributed by atoms with E-state index in [2.05, 4.69) is 5.32 Å². The fraction of sp³-hybridized carbons (Fsp3) is 0.357. The summed E-state index contributed by atoms with van der Waals surface area (Å²) in [5, 5.41) is 11.8. The van der Waals surface area contributed by atoms with Gasteiger partial charge in [-0.3, -0.25) is 14.4 Å². The van der Waals surface area contributed by atoms with E-state index in [-0.39, 0.29) is 18.9 Å². The van der Waals surface area contributed by atoms with Gasteiger partial charge in [0.05, 0.1) is 17.1 Å². The van der Waals surface area contributed by atoms with Gasteiger partial charge in [-0.1, -0.05) is 23.2 Å². The zero-order valence-electron chi connectivity index (χ0n) is 11.5. The Bertz CT molecular complexity index is 621. The van der Waals surface area contributed by atoms with Gasteiger partial charge < -0.3 is 15.3 Å². The van der Waals surface area contributed by atoms with Gasteiger partial charge in [0, 0.05) is 18.1 Å². The topological polar surface area (TPSA) is 86.7 Å². The van der Waals surface area contributed by atoms with Crippen molar-refractivity contribution in [1.82, 2.24) is 5.32 Å². The van der Waals surface area contributed by atoms with E-state index >= 15 is 0 Å². The number of hydrogen-bond donors (Lipinski definition) is 2. The number of carboxylic acid groups (broad SMARTS) is 1. The molecule has 1 saturated heterocycles. The number of nitrogens with one attached hydrogen (secondary N) is 1. The van der Waals surface area contributed by atoms with Crippen LogP contribution >= 0.6 is 23.2 Å². The molecule has 1 aromatic rings. The minimum atomic E-state index is -1.01. The lowest BCUT2D eigenvalue weighted by atomic mass is 10.1. The maximum atomic E-state index is 12.4. The predicted octanol–water partition coefficient (Wildman–Crippen LogP) is 1.94. The van der Waals surface area contributed by atoms with Gasteiger partial charge in [0.1, 0.15) is 5.92 Å². The number of benzene rings is 1. The number of carbonyl (C=O) groups is 3. The Labute approximate surface area is 137 Å². The molecule has 0 aromatic heterocycles. The molecular weight excluding hydrogens is 331 g/mol. The van der Waals surface area contributed by atoms with Crippen LogP contribution in [0.4, 0.5) is 5.69 Å². The molecule has 1 aromatic carbocycles. The summed E-state index contributed by atoms with van der Waals surface area (Å²) in [6, 6.07) is 4.78. The standard InChI is InChI=1S/C14H14Cl2N2O4/c15-8-1-2-10(16)11(7-8)18-6-4-9(14(18)22)13(21)17-5-3-12(19)20/h1-2,7,9H,3-6H2,(H,17,21)(H,19,20). The number of hydrogen-bond acceptors (Lipinski definition) is 3. The molecule has 8 heteroatoms.